The molecule has 1 aromatic rings. The number of rotatable bonds is 6. The summed E-state index contributed by atoms with van der Waals surface area (Å²) in [7, 11) is 0. The molecule has 1 aliphatic carbocycles. The van der Waals surface area contributed by atoms with Crippen LogP contribution in [0.25, 0.3) is 0 Å². The summed E-state index contributed by atoms with van der Waals surface area (Å²) in [6.07, 6.45) is 6.30. The molecule has 1 amide bonds. The van der Waals surface area contributed by atoms with Crippen LogP contribution >= 0.6 is 11.6 Å². The van der Waals surface area contributed by atoms with E-state index >= 15 is 0 Å². The molecule has 1 aliphatic rings. The molecule has 7 heteroatoms. The van der Waals surface area contributed by atoms with Gasteiger partial charge in [-0.2, -0.15) is 5.26 Å². The SMILES string of the molecule is CCOc1ncc(C(=O)[C@@H](C#N)C(=O)NC2CCCCC2)cc1Cl. The molecular weight excluding hydrogens is 330 g/mol. The lowest BCUT2D eigenvalue weighted by Crippen LogP contribution is -2.42. The Morgan fingerprint density at radius 2 is 2.17 bits per heavy atom. The molecule has 24 heavy (non-hydrogen) atoms. The third-order valence-electron chi connectivity index (χ3n) is 3.98. The van der Waals surface area contributed by atoms with Gasteiger partial charge in [-0.1, -0.05) is 30.9 Å². The molecule has 0 radical (unpaired) electrons. The Bertz CT molecular complexity index is 651. The molecule has 6 nitrogen and oxygen atoms in total. The first-order valence-corrected chi connectivity index (χ1v) is 8.47. The highest BCUT2D eigenvalue weighted by Gasteiger charge is 2.30. The third kappa shape index (κ3) is 4.45. The number of pyridine rings is 1. The smallest absolute Gasteiger partial charge is 0.245 e. The van der Waals surface area contributed by atoms with E-state index in [0.29, 0.717) is 6.61 Å². The first kappa shape index (κ1) is 18.2. The normalized spacial score (nSPS) is 16.0. The fourth-order valence-corrected chi connectivity index (χ4v) is 2.96. The van der Waals surface area contributed by atoms with Crippen LogP contribution in [0.4, 0.5) is 0 Å². The van der Waals surface area contributed by atoms with Gasteiger partial charge in [-0.05, 0) is 25.8 Å². The van der Waals surface area contributed by atoms with Gasteiger partial charge in [0.25, 0.3) is 0 Å². The number of hydrogen-bond donors (Lipinski definition) is 1. The lowest BCUT2D eigenvalue weighted by Gasteiger charge is -2.23. The van der Waals surface area contributed by atoms with Crippen molar-refractivity contribution in [1.29, 1.82) is 5.26 Å². The standard InChI is InChI=1S/C17H20ClN3O3/c1-2-24-17-14(18)8-11(10-20-17)15(22)13(9-19)16(23)21-12-6-4-3-5-7-12/h8,10,12-13H,2-7H2,1H3,(H,21,23)/t13-/m1/s1. The maximum atomic E-state index is 12.5. The van der Waals surface area contributed by atoms with Crippen molar-refractivity contribution in [3.8, 4) is 11.9 Å². The number of hydrogen-bond acceptors (Lipinski definition) is 5. The number of carbonyl (C=O) groups is 2. The lowest BCUT2D eigenvalue weighted by molar-refractivity contribution is -0.123. The fourth-order valence-electron chi connectivity index (χ4n) is 2.74. The van der Waals surface area contributed by atoms with E-state index in [0.717, 1.165) is 32.1 Å². The van der Waals surface area contributed by atoms with Crippen LogP contribution in [0.1, 0.15) is 49.4 Å². The van der Waals surface area contributed by atoms with Crippen LogP contribution in [0.3, 0.4) is 0 Å². The van der Waals surface area contributed by atoms with E-state index in [2.05, 4.69) is 10.3 Å². The van der Waals surface area contributed by atoms with E-state index in [1.807, 2.05) is 0 Å². The predicted molar refractivity (Wildman–Crippen MR) is 88.9 cm³/mol. The quantitative estimate of drug-likeness (QED) is 0.629. The number of nitrogens with one attached hydrogen (secondary N) is 1. The van der Waals surface area contributed by atoms with Gasteiger partial charge in [0.1, 0.15) is 5.02 Å². The van der Waals surface area contributed by atoms with Gasteiger partial charge in [-0.15, -0.1) is 0 Å². The monoisotopic (exact) mass is 349 g/mol. The molecule has 0 bridgehead atoms. The zero-order chi connectivity index (χ0) is 17.5. The molecule has 1 heterocycles. The zero-order valence-corrected chi connectivity index (χ0v) is 14.3. The van der Waals surface area contributed by atoms with Crippen molar-refractivity contribution in [3.05, 3.63) is 22.8 Å². The number of halogens is 1. The van der Waals surface area contributed by atoms with Crippen molar-refractivity contribution < 1.29 is 14.3 Å². The summed E-state index contributed by atoms with van der Waals surface area (Å²) in [4.78, 5) is 28.7. The van der Waals surface area contributed by atoms with E-state index in [1.165, 1.54) is 12.3 Å². The fraction of sp³-hybridized carbons (Fsp3) is 0.529. The van der Waals surface area contributed by atoms with E-state index in [4.69, 9.17) is 16.3 Å². The van der Waals surface area contributed by atoms with Gasteiger partial charge >= 0.3 is 0 Å². The van der Waals surface area contributed by atoms with Gasteiger partial charge in [-0.25, -0.2) is 4.98 Å². The van der Waals surface area contributed by atoms with E-state index in [9.17, 15) is 14.9 Å². The van der Waals surface area contributed by atoms with Crippen molar-refractivity contribution in [1.82, 2.24) is 10.3 Å². The lowest BCUT2D eigenvalue weighted by atomic mass is 9.93. The van der Waals surface area contributed by atoms with E-state index in [1.54, 1.807) is 13.0 Å². The van der Waals surface area contributed by atoms with Crippen molar-refractivity contribution in [3.63, 3.8) is 0 Å². The second-order valence-electron chi connectivity index (χ2n) is 5.71. The van der Waals surface area contributed by atoms with Crippen molar-refractivity contribution in [2.45, 2.75) is 45.1 Å². The van der Waals surface area contributed by atoms with Gasteiger partial charge in [-0.3, -0.25) is 9.59 Å². The number of aromatic nitrogens is 1. The Morgan fingerprint density at radius 3 is 2.75 bits per heavy atom. The molecule has 1 N–H and O–H groups in total. The van der Waals surface area contributed by atoms with Gasteiger partial charge in [0.05, 0.1) is 12.7 Å². The second kappa shape index (κ2) is 8.65. The first-order chi connectivity index (χ1) is 11.6. The molecule has 0 spiro atoms. The highest BCUT2D eigenvalue weighted by Crippen LogP contribution is 2.24. The maximum absolute atomic E-state index is 12.5. The number of nitrogens with zero attached hydrogens (tertiary/aromatic N) is 2. The highest BCUT2D eigenvalue weighted by molar-refractivity contribution is 6.32. The molecule has 1 aromatic heterocycles. The average molecular weight is 350 g/mol. The topological polar surface area (TPSA) is 92.1 Å². The minimum atomic E-state index is -1.40. The molecule has 1 saturated carbocycles. The Hall–Kier alpha value is -2.13. The Kier molecular flexibility index (Phi) is 6.56. The summed E-state index contributed by atoms with van der Waals surface area (Å²) in [5.41, 5.74) is 0.119. The molecule has 0 unspecified atom stereocenters. The first-order valence-electron chi connectivity index (χ1n) is 8.09. The summed E-state index contributed by atoms with van der Waals surface area (Å²) < 4.78 is 5.21. The summed E-state index contributed by atoms with van der Waals surface area (Å²) in [6, 6.07) is 3.20. The molecule has 2 rings (SSSR count). The highest BCUT2D eigenvalue weighted by atomic mass is 35.5. The Labute approximate surface area is 146 Å². The van der Waals surface area contributed by atoms with Crippen LogP contribution in [0.15, 0.2) is 12.3 Å². The van der Waals surface area contributed by atoms with Crippen LogP contribution in [0.5, 0.6) is 5.88 Å². The number of amides is 1. The molecule has 0 aliphatic heterocycles. The number of ketones is 1. The van der Waals surface area contributed by atoms with Crippen LogP contribution < -0.4 is 10.1 Å². The van der Waals surface area contributed by atoms with E-state index < -0.39 is 17.6 Å². The maximum Gasteiger partial charge on any atom is 0.245 e. The molecule has 1 fully saturated rings. The van der Waals surface area contributed by atoms with Gasteiger partial charge < -0.3 is 10.1 Å². The molecule has 128 valence electrons. The molecule has 0 saturated heterocycles. The number of nitriles is 1. The van der Waals surface area contributed by atoms with Crippen LogP contribution in [0.2, 0.25) is 5.02 Å². The third-order valence-corrected chi connectivity index (χ3v) is 4.25. The van der Waals surface area contributed by atoms with E-state index in [-0.39, 0.29) is 22.5 Å². The van der Waals surface area contributed by atoms with Crippen molar-refractivity contribution >= 4 is 23.3 Å². The zero-order valence-electron chi connectivity index (χ0n) is 13.5. The van der Waals surface area contributed by atoms with Gasteiger partial charge in [0, 0.05) is 17.8 Å². The summed E-state index contributed by atoms with van der Waals surface area (Å²) in [6.45, 7) is 2.18. The minimum Gasteiger partial charge on any atom is -0.477 e. The van der Waals surface area contributed by atoms with Crippen LogP contribution in [-0.2, 0) is 4.79 Å². The molecule has 0 aromatic carbocycles. The average Bonchev–Trinajstić information content (AvgIpc) is 2.58. The van der Waals surface area contributed by atoms with Gasteiger partial charge in [0.15, 0.2) is 11.7 Å². The van der Waals surface area contributed by atoms with Crippen molar-refractivity contribution in [2.24, 2.45) is 5.92 Å². The summed E-state index contributed by atoms with van der Waals surface area (Å²) in [5, 5.41) is 12.2. The largest absolute Gasteiger partial charge is 0.477 e. The minimum absolute atomic E-state index is 0.0388. The predicted octanol–water partition coefficient (Wildman–Crippen LogP) is 2.91. The summed E-state index contributed by atoms with van der Waals surface area (Å²) in [5.74, 6) is -2.35. The number of carbonyl (C=O) groups excluding carboxylic acids is 2. The molecular formula is C17H20ClN3O3. The number of Topliss-reactive ketones (excluding diaryl/α,β-unsaturated/α-hetero) is 1. The Morgan fingerprint density at radius 1 is 1.46 bits per heavy atom. The Balaban J connectivity index is 2.09. The van der Waals surface area contributed by atoms with Crippen molar-refractivity contribution in [2.75, 3.05) is 6.61 Å². The van der Waals surface area contributed by atoms with Crippen LogP contribution in [0, 0.1) is 17.2 Å². The number of ether oxygens (including phenoxy) is 1. The van der Waals surface area contributed by atoms with Gasteiger partial charge in [0.2, 0.25) is 11.8 Å². The summed E-state index contributed by atoms with van der Waals surface area (Å²) >= 11 is 6.01. The van der Waals surface area contributed by atoms with Crippen LogP contribution in [-0.4, -0.2) is 29.3 Å². The second-order valence-corrected chi connectivity index (χ2v) is 6.12. The molecule has 1 atom stereocenters.